The third-order valence-electron chi connectivity index (χ3n) is 18.7. The van der Waals surface area contributed by atoms with Gasteiger partial charge in [0, 0.05) is 139 Å². The van der Waals surface area contributed by atoms with Crippen molar-refractivity contribution in [2.24, 2.45) is 0 Å². The van der Waals surface area contributed by atoms with E-state index in [0.29, 0.717) is 85.5 Å². The Kier molecular flexibility index (Phi) is 24.2. The van der Waals surface area contributed by atoms with E-state index in [1.807, 2.05) is 45.8 Å². The molecule has 0 bridgehead atoms. The van der Waals surface area contributed by atoms with Crippen LogP contribution in [0.3, 0.4) is 0 Å². The van der Waals surface area contributed by atoms with Crippen LogP contribution in [-0.4, -0.2) is 122 Å². The Morgan fingerprint density at radius 3 is 1.51 bits per heavy atom. The third kappa shape index (κ3) is 19.8. The lowest BCUT2D eigenvalue weighted by Gasteiger charge is -2.16. The van der Waals surface area contributed by atoms with Crippen LogP contribution in [0.25, 0.3) is 34.0 Å². The molecule has 602 valence electrons. The van der Waals surface area contributed by atoms with E-state index < -0.39 is 41.1 Å². The van der Waals surface area contributed by atoms with Gasteiger partial charge < -0.3 is 29.2 Å². The number of nitrogens with zero attached hydrogens (tertiary/aromatic N) is 15. The number of fused-ring (bicyclic) bond motifs is 3. The molecule has 0 fully saturated rings. The van der Waals surface area contributed by atoms with Crippen LogP contribution >= 0.6 is 0 Å². The van der Waals surface area contributed by atoms with Crippen molar-refractivity contribution in [1.29, 1.82) is 0 Å². The first-order valence-electron chi connectivity index (χ1n) is 36.6. The molecule has 22 nitrogen and oxygen atoms in total. The summed E-state index contributed by atoms with van der Waals surface area (Å²) in [5.41, 5.74) is 8.42. The van der Waals surface area contributed by atoms with Crippen molar-refractivity contribution in [3.63, 3.8) is 0 Å². The second kappa shape index (κ2) is 35.1. The fraction of sp³-hybridized carbons (Fsp3) is 0.157. The summed E-state index contributed by atoms with van der Waals surface area (Å²) in [5, 5.41) is 9.38. The molecule has 0 atom stereocenters. The highest BCUT2D eigenvalue weighted by molar-refractivity contribution is 6.00. The van der Waals surface area contributed by atoms with Crippen molar-refractivity contribution in [2.75, 3.05) is 26.5 Å². The predicted molar refractivity (Wildman–Crippen MR) is 428 cm³/mol. The number of hydrogen-bond acceptors (Lipinski definition) is 14. The fourth-order valence-corrected chi connectivity index (χ4v) is 12.6. The molecule has 15 aromatic rings. The van der Waals surface area contributed by atoms with Crippen LogP contribution in [-0.2, 0) is 49.1 Å². The number of ketones is 3. The van der Waals surface area contributed by atoms with E-state index in [-0.39, 0.29) is 82.0 Å². The number of halogens is 9. The quantitative estimate of drug-likeness (QED) is 0.0519. The highest BCUT2D eigenvalue weighted by atomic mass is 19.4. The van der Waals surface area contributed by atoms with Crippen LogP contribution < -0.4 is 10.6 Å². The molecule has 0 saturated heterocycles. The first-order chi connectivity index (χ1) is 57.3. The van der Waals surface area contributed by atoms with E-state index in [9.17, 15) is 63.5 Å². The molecule has 2 amide bonds. The van der Waals surface area contributed by atoms with Crippen LogP contribution in [0.5, 0.6) is 0 Å². The van der Waals surface area contributed by atoms with Crippen molar-refractivity contribution in [2.45, 2.75) is 72.0 Å². The average Bonchev–Trinajstić information content (AvgIpc) is 1.63. The van der Waals surface area contributed by atoms with E-state index in [0.717, 1.165) is 53.1 Å². The van der Waals surface area contributed by atoms with E-state index >= 15 is 0 Å². The number of carbonyl (C=O) groups is 5. The van der Waals surface area contributed by atoms with Crippen LogP contribution in [0.15, 0.2) is 227 Å². The lowest BCUT2D eigenvalue weighted by molar-refractivity contribution is -0.138. The van der Waals surface area contributed by atoms with Crippen molar-refractivity contribution in [3.8, 4) is 52.6 Å². The molecule has 9 aromatic heterocycles. The van der Waals surface area contributed by atoms with Gasteiger partial charge in [-0.1, -0.05) is 54.2 Å². The Bertz CT molecular complexity index is 6670. The van der Waals surface area contributed by atoms with E-state index in [1.165, 1.54) is 60.4 Å². The normalized spacial score (nSPS) is 11.3. The van der Waals surface area contributed by atoms with Gasteiger partial charge in [-0.2, -0.15) is 44.6 Å². The van der Waals surface area contributed by atoms with Gasteiger partial charge >= 0.3 is 18.5 Å². The van der Waals surface area contributed by atoms with Gasteiger partial charge in [0.25, 0.3) is 5.91 Å². The number of carbonyl (C=O) groups excluding carboxylic acids is 5. The summed E-state index contributed by atoms with van der Waals surface area (Å²) in [7, 11) is 5.11. The highest BCUT2D eigenvalue weighted by Crippen LogP contribution is 2.36. The van der Waals surface area contributed by atoms with Gasteiger partial charge in [-0.05, 0) is 183 Å². The number of nitrogens with one attached hydrogen (secondary N) is 2. The van der Waals surface area contributed by atoms with Gasteiger partial charge in [0.1, 0.15) is 34.9 Å². The minimum absolute atomic E-state index is 0.0476. The summed E-state index contributed by atoms with van der Waals surface area (Å²) in [6.07, 6.45) is 8.88. The van der Waals surface area contributed by atoms with E-state index in [2.05, 4.69) is 86.1 Å². The van der Waals surface area contributed by atoms with Crippen LogP contribution in [0.1, 0.15) is 138 Å². The zero-order valence-electron chi connectivity index (χ0n) is 64.8. The van der Waals surface area contributed by atoms with Gasteiger partial charge in [-0.3, -0.25) is 37.8 Å². The first kappa shape index (κ1) is 82.8. The standard InChI is InChI=1S/C33H29F3N6O2.C29H21F3N6O2.C27H18F3N5O/c1-21-7-8-25(17-24(21)9-10-27-19-38-32-29(39-22(2)43)6-5-12-42(27)32)30(44)16-23-14-26(33(34,35)36)18-28(15-23)41-13-11-37-31(41)20-40(3)4;1-18-3-4-21(12-20(18)5-6-23-14-35-27-15-34-7-8-38(23)27)26(39)11-19-9-22(29(30,31)32)13-24(10-19)37-16-25(36-17-37)28(40)33-2;1-18-4-5-21(14-20(18)6-7-23-16-32-26-3-2-8-33-35(23)26)25(36)13-19-11-22(27(28,29)30)15-24(12-19)34-10-9-31-17-34/h5-8,11-15,17-19H,16,20H2,1-4H3,(H,39,43);3-4,7-10,12-17H,11H2,1-2H3,(H,33,40);2-5,8-12,14-17H,13H2,1H3. The molecule has 0 unspecified atom stereocenters. The van der Waals surface area contributed by atoms with Crippen LogP contribution in [0.2, 0.25) is 0 Å². The maximum absolute atomic E-state index is 13.9. The lowest BCUT2D eigenvalue weighted by Crippen LogP contribution is -2.18. The molecule has 6 aromatic carbocycles. The Morgan fingerprint density at radius 1 is 0.467 bits per heavy atom. The molecule has 2 N–H and O–H groups in total. The van der Waals surface area contributed by atoms with Crippen LogP contribution in [0.4, 0.5) is 45.2 Å². The molecular weight excluding hydrogens is 1560 g/mol. The number of alkyl halides is 9. The molecule has 0 saturated carbocycles. The van der Waals surface area contributed by atoms with Gasteiger partial charge in [0.2, 0.25) is 5.91 Å². The van der Waals surface area contributed by atoms with Crippen molar-refractivity contribution >= 4 is 51.8 Å². The maximum atomic E-state index is 13.9. The van der Waals surface area contributed by atoms with Gasteiger partial charge in [-0.25, -0.2) is 34.4 Å². The second-order valence-electron chi connectivity index (χ2n) is 27.8. The van der Waals surface area contributed by atoms with Gasteiger partial charge in [0.15, 0.2) is 34.3 Å². The minimum Gasteiger partial charge on any atom is -0.354 e. The van der Waals surface area contributed by atoms with Crippen molar-refractivity contribution in [1.82, 2.24) is 77.2 Å². The number of pyridine rings is 1. The summed E-state index contributed by atoms with van der Waals surface area (Å²) in [4.78, 5) is 93.9. The smallest absolute Gasteiger partial charge is 0.354 e. The monoisotopic (exact) mass is 1630 g/mol. The number of imidazole rings is 6. The van der Waals surface area contributed by atoms with Crippen LogP contribution in [0, 0.1) is 56.3 Å². The highest BCUT2D eigenvalue weighted by Gasteiger charge is 2.35. The first-order valence-corrected chi connectivity index (χ1v) is 36.6. The Morgan fingerprint density at radius 2 is 0.975 bits per heavy atom. The molecule has 15 rings (SSSR count). The summed E-state index contributed by atoms with van der Waals surface area (Å²) in [6.45, 7) is 7.43. The molecule has 0 spiro atoms. The van der Waals surface area contributed by atoms with E-state index in [1.54, 1.807) is 165 Å². The molecule has 31 heteroatoms. The SMILES string of the molecule is CC(=O)Nc1cccn2c(C#Cc3cc(C(=O)Cc4cc(-n5ccnc5CN(C)C)cc(C(F)(F)F)c4)ccc3C)cnc12.CNC(=O)c1cn(-c2cc(CC(=O)c3ccc(C)c(C#Cc4cnc5cnccn45)c3)cc(C(F)(F)F)c2)cn1.Cc1ccc(C(=O)Cc2cc(-n3ccnc3)cc(C(F)(F)F)c2)cc1C#Cc1cnc2cccnn12. The van der Waals surface area contributed by atoms with Crippen molar-refractivity contribution < 1.29 is 63.5 Å². The predicted octanol–water partition coefficient (Wildman–Crippen LogP) is 15.2. The topological polar surface area (TPSA) is 244 Å². The average molecular weight is 1630 g/mol. The zero-order valence-corrected chi connectivity index (χ0v) is 64.8. The maximum Gasteiger partial charge on any atom is 0.416 e. The number of benzene rings is 6. The minimum atomic E-state index is -4.64. The number of aryl methyl sites for hydroxylation is 3. The third-order valence-corrected chi connectivity index (χ3v) is 18.7. The molecule has 0 aliphatic rings. The molecule has 120 heavy (non-hydrogen) atoms. The van der Waals surface area contributed by atoms with Gasteiger partial charge in [-0.15, -0.1) is 0 Å². The summed E-state index contributed by atoms with van der Waals surface area (Å²) in [5.74, 6) is 17.2. The number of Topliss-reactive ketones (excluding diaryl/α,β-unsaturated/α-hetero) is 3. The largest absolute Gasteiger partial charge is 0.416 e. The molecule has 9 heterocycles. The summed E-state index contributed by atoms with van der Waals surface area (Å²) >= 11 is 0. The Labute approximate surface area is 679 Å². The number of anilines is 1. The number of amides is 2. The fourth-order valence-electron chi connectivity index (χ4n) is 12.6. The lowest BCUT2D eigenvalue weighted by atomic mass is 9.97. The molecule has 0 radical (unpaired) electrons. The Balaban J connectivity index is 0.000000156. The molecule has 0 aliphatic heterocycles. The molecule has 0 aliphatic carbocycles. The number of hydrogen-bond donors (Lipinski definition) is 2. The van der Waals surface area contributed by atoms with Crippen molar-refractivity contribution in [3.05, 3.63) is 339 Å². The summed E-state index contributed by atoms with van der Waals surface area (Å²) < 4.78 is 133. The van der Waals surface area contributed by atoms with Gasteiger partial charge in [0.05, 0.1) is 60.0 Å². The van der Waals surface area contributed by atoms with E-state index in [4.69, 9.17) is 0 Å². The number of rotatable bonds is 16. The summed E-state index contributed by atoms with van der Waals surface area (Å²) in [6, 6.07) is 32.9. The Hall–Kier alpha value is -15.2. The molecular formula is C89H68F9N17O5. The number of aromatic nitrogens is 14. The second-order valence-corrected chi connectivity index (χ2v) is 27.8. The zero-order chi connectivity index (χ0) is 85.3.